The van der Waals surface area contributed by atoms with Gasteiger partial charge in [-0.15, -0.1) is 0 Å². The van der Waals surface area contributed by atoms with Crippen molar-refractivity contribution in [2.24, 2.45) is 5.92 Å². The van der Waals surface area contributed by atoms with Gasteiger partial charge in [-0.2, -0.15) is 0 Å². The van der Waals surface area contributed by atoms with Crippen LogP contribution in [0.1, 0.15) is 23.2 Å². The Morgan fingerprint density at radius 2 is 2.04 bits per heavy atom. The zero-order valence-corrected chi connectivity index (χ0v) is 14.4. The lowest BCUT2D eigenvalue weighted by Gasteiger charge is -2.29. The molecule has 1 saturated heterocycles. The fraction of sp³-hybridized carbons (Fsp3) is 0.368. The van der Waals surface area contributed by atoms with E-state index >= 15 is 0 Å². The molecule has 0 radical (unpaired) electrons. The van der Waals surface area contributed by atoms with Crippen LogP contribution in [0.4, 0.5) is 0 Å². The van der Waals surface area contributed by atoms with Gasteiger partial charge in [0, 0.05) is 31.6 Å². The second-order valence-electron chi connectivity index (χ2n) is 6.83. The van der Waals surface area contributed by atoms with Gasteiger partial charge in [0.25, 0.3) is 5.56 Å². The van der Waals surface area contributed by atoms with Crippen LogP contribution in [-0.4, -0.2) is 44.7 Å². The molecule has 7 nitrogen and oxygen atoms in total. The number of rotatable bonds is 3. The standard InChI is InChI=1S/C19H20N4O3/c24-17-8-14(10-23(17)9-13-4-2-1-3-5-13)19(26)22-7-6-15-16(11-22)20-12-21-18(15)25/h1-5,12,14H,6-11H2,(H,20,21,25). The van der Waals surface area contributed by atoms with Gasteiger partial charge in [-0.05, 0) is 12.0 Å². The predicted molar refractivity (Wildman–Crippen MR) is 93.9 cm³/mol. The maximum atomic E-state index is 12.9. The summed E-state index contributed by atoms with van der Waals surface area (Å²) < 4.78 is 0. The van der Waals surface area contributed by atoms with E-state index in [-0.39, 0.29) is 29.7 Å². The molecule has 1 fully saturated rings. The number of likely N-dealkylation sites (tertiary alicyclic amines) is 1. The Hall–Kier alpha value is -2.96. The highest BCUT2D eigenvalue weighted by Crippen LogP contribution is 2.24. The summed E-state index contributed by atoms with van der Waals surface area (Å²) in [5.41, 5.74) is 2.24. The number of amides is 2. The summed E-state index contributed by atoms with van der Waals surface area (Å²) in [7, 11) is 0. The van der Waals surface area contributed by atoms with Crippen LogP contribution in [0.3, 0.4) is 0 Å². The quantitative estimate of drug-likeness (QED) is 0.881. The number of benzene rings is 1. The molecule has 1 aromatic carbocycles. The molecule has 26 heavy (non-hydrogen) atoms. The number of carbonyl (C=O) groups is 2. The number of nitrogens with one attached hydrogen (secondary N) is 1. The van der Waals surface area contributed by atoms with Gasteiger partial charge in [0.05, 0.1) is 24.5 Å². The third-order valence-corrected chi connectivity index (χ3v) is 5.10. The Balaban J connectivity index is 1.43. The van der Waals surface area contributed by atoms with Crippen molar-refractivity contribution >= 4 is 11.8 Å². The summed E-state index contributed by atoms with van der Waals surface area (Å²) in [6, 6.07) is 9.78. The molecule has 0 bridgehead atoms. The Morgan fingerprint density at radius 1 is 1.23 bits per heavy atom. The minimum atomic E-state index is -0.324. The molecule has 0 spiro atoms. The minimum absolute atomic E-state index is 0.0131. The molecule has 1 atom stereocenters. The first-order chi connectivity index (χ1) is 12.6. The Labute approximate surface area is 150 Å². The Kier molecular flexibility index (Phi) is 4.28. The highest BCUT2D eigenvalue weighted by Gasteiger charge is 2.37. The number of fused-ring (bicyclic) bond motifs is 1. The van der Waals surface area contributed by atoms with Crippen LogP contribution in [0, 0.1) is 5.92 Å². The van der Waals surface area contributed by atoms with Crippen LogP contribution in [0.15, 0.2) is 41.5 Å². The molecule has 1 aromatic heterocycles. The van der Waals surface area contributed by atoms with Gasteiger partial charge in [0.2, 0.25) is 11.8 Å². The molecule has 0 saturated carbocycles. The summed E-state index contributed by atoms with van der Waals surface area (Å²) in [6.07, 6.45) is 2.12. The molecule has 1 N–H and O–H groups in total. The Morgan fingerprint density at radius 3 is 2.85 bits per heavy atom. The van der Waals surface area contributed by atoms with Crippen LogP contribution in [-0.2, 0) is 29.1 Å². The first-order valence-electron chi connectivity index (χ1n) is 8.78. The lowest BCUT2D eigenvalue weighted by Crippen LogP contribution is -2.42. The highest BCUT2D eigenvalue weighted by atomic mass is 16.2. The van der Waals surface area contributed by atoms with Crippen LogP contribution >= 0.6 is 0 Å². The van der Waals surface area contributed by atoms with E-state index in [1.165, 1.54) is 6.33 Å². The summed E-state index contributed by atoms with van der Waals surface area (Å²) in [4.78, 5) is 47.2. The van der Waals surface area contributed by atoms with E-state index in [1.54, 1.807) is 9.80 Å². The molecule has 3 heterocycles. The maximum absolute atomic E-state index is 12.9. The lowest BCUT2D eigenvalue weighted by atomic mass is 10.0. The molecule has 0 aliphatic carbocycles. The van der Waals surface area contributed by atoms with Gasteiger partial charge in [-0.25, -0.2) is 4.98 Å². The van der Waals surface area contributed by atoms with E-state index in [9.17, 15) is 14.4 Å². The maximum Gasteiger partial charge on any atom is 0.254 e. The third kappa shape index (κ3) is 3.12. The van der Waals surface area contributed by atoms with Gasteiger partial charge in [-0.3, -0.25) is 14.4 Å². The monoisotopic (exact) mass is 352 g/mol. The van der Waals surface area contributed by atoms with E-state index in [0.717, 1.165) is 5.56 Å². The van der Waals surface area contributed by atoms with Crippen LogP contribution in [0.2, 0.25) is 0 Å². The molecule has 2 amide bonds. The SMILES string of the molecule is O=C1CC(C(=O)N2CCc3c(nc[nH]c3=O)C2)CN1Cc1ccccc1. The molecule has 2 aromatic rings. The van der Waals surface area contributed by atoms with E-state index in [4.69, 9.17) is 0 Å². The van der Waals surface area contributed by atoms with Crippen molar-refractivity contribution in [3.8, 4) is 0 Å². The summed E-state index contributed by atoms with van der Waals surface area (Å²) in [5.74, 6) is -0.337. The van der Waals surface area contributed by atoms with E-state index in [0.29, 0.717) is 43.9 Å². The smallest absolute Gasteiger partial charge is 0.254 e. The molecule has 134 valence electrons. The molecular weight excluding hydrogens is 332 g/mol. The van der Waals surface area contributed by atoms with Gasteiger partial charge in [0.15, 0.2) is 0 Å². The van der Waals surface area contributed by atoms with Gasteiger partial charge in [-0.1, -0.05) is 30.3 Å². The molecular formula is C19H20N4O3. The number of hydrogen-bond donors (Lipinski definition) is 1. The van der Waals surface area contributed by atoms with Crippen molar-refractivity contribution in [1.29, 1.82) is 0 Å². The Bertz CT molecular complexity index is 893. The highest BCUT2D eigenvalue weighted by molar-refractivity contribution is 5.89. The minimum Gasteiger partial charge on any atom is -0.338 e. The van der Waals surface area contributed by atoms with Crippen molar-refractivity contribution in [2.75, 3.05) is 13.1 Å². The number of nitrogens with zero attached hydrogens (tertiary/aromatic N) is 3. The third-order valence-electron chi connectivity index (χ3n) is 5.10. The van der Waals surface area contributed by atoms with E-state index in [2.05, 4.69) is 9.97 Å². The van der Waals surface area contributed by atoms with Gasteiger partial charge < -0.3 is 14.8 Å². The first-order valence-corrected chi connectivity index (χ1v) is 8.78. The van der Waals surface area contributed by atoms with Crippen LogP contribution in [0.5, 0.6) is 0 Å². The predicted octanol–water partition coefficient (Wildman–Crippen LogP) is 0.703. The fourth-order valence-electron chi connectivity index (χ4n) is 3.71. The fourth-order valence-corrected chi connectivity index (χ4v) is 3.71. The zero-order chi connectivity index (χ0) is 18.1. The van der Waals surface area contributed by atoms with E-state index < -0.39 is 0 Å². The van der Waals surface area contributed by atoms with Crippen molar-refractivity contribution < 1.29 is 9.59 Å². The van der Waals surface area contributed by atoms with Gasteiger partial charge in [0.1, 0.15) is 0 Å². The molecule has 2 aliphatic heterocycles. The topological polar surface area (TPSA) is 86.4 Å². The lowest BCUT2D eigenvalue weighted by molar-refractivity contribution is -0.136. The average molecular weight is 352 g/mol. The zero-order valence-electron chi connectivity index (χ0n) is 14.4. The number of aromatic amines is 1. The second kappa shape index (κ2) is 6.74. The summed E-state index contributed by atoms with van der Waals surface area (Å²) >= 11 is 0. The molecule has 4 rings (SSSR count). The van der Waals surface area contributed by atoms with E-state index in [1.807, 2.05) is 30.3 Å². The average Bonchev–Trinajstić information content (AvgIpc) is 3.02. The number of H-pyrrole nitrogens is 1. The number of hydrogen-bond acceptors (Lipinski definition) is 4. The normalized spacial score (nSPS) is 19.5. The molecule has 1 unspecified atom stereocenters. The molecule has 2 aliphatic rings. The van der Waals surface area contributed by atoms with Crippen molar-refractivity contribution in [2.45, 2.75) is 25.9 Å². The number of carbonyl (C=O) groups excluding carboxylic acids is 2. The largest absolute Gasteiger partial charge is 0.338 e. The van der Waals surface area contributed by atoms with Crippen molar-refractivity contribution in [3.05, 3.63) is 63.8 Å². The summed E-state index contributed by atoms with van der Waals surface area (Å²) in [5, 5.41) is 0. The van der Waals surface area contributed by atoms with Crippen molar-refractivity contribution in [1.82, 2.24) is 19.8 Å². The first kappa shape index (κ1) is 16.5. The summed E-state index contributed by atoms with van der Waals surface area (Å²) in [6.45, 7) is 1.80. The van der Waals surface area contributed by atoms with Crippen LogP contribution in [0.25, 0.3) is 0 Å². The molecule has 7 heteroatoms. The van der Waals surface area contributed by atoms with Crippen LogP contribution < -0.4 is 5.56 Å². The van der Waals surface area contributed by atoms with Crippen molar-refractivity contribution in [3.63, 3.8) is 0 Å². The number of aromatic nitrogens is 2. The second-order valence-corrected chi connectivity index (χ2v) is 6.83. The van der Waals surface area contributed by atoms with Gasteiger partial charge >= 0.3 is 0 Å².